The van der Waals surface area contributed by atoms with Crippen LogP contribution in [0, 0.1) is 6.33 Å². The number of rotatable bonds is 9. The van der Waals surface area contributed by atoms with Crippen molar-refractivity contribution >= 4 is 21.8 Å². The molecule has 0 aliphatic heterocycles. The summed E-state index contributed by atoms with van der Waals surface area (Å²) in [5.74, 6) is 2.38. The highest BCUT2D eigenvalue weighted by atomic mass is 16.5. The van der Waals surface area contributed by atoms with Gasteiger partial charge >= 0.3 is 0 Å². The van der Waals surface area contributed by atoms with Crippen LogP contribution in [0.25, 0.3) is 39.0 Å². The number of fused-ring (bicyclic) bond motifs is 3. The molecule has 0 saturated heterocycles. The third-order valence-electron chi connectivity index (χ3n) is 13.0. The molecule has 0 bridgehead atoms. The number of pyridine rings is 1. The van der Waals surface area contributed by atoms with Gasteiger partial charge in [-0.2, -0.15) is 0 Å². The Hall–Kier alpha value is -6.72. The summed E-state index contributed by atoms with van der Waals surface area (Å²) in [7, 11) is 0. The molecule has 0 amide bonds. The van der Waals surface area contributed by atoms with E-state index in [1.54, 1.807) is 0 Å². The molecule has 0 unspecified atom stereocenters. The number of imidazole rings is 1. The first-order chi connectivity index (χ1) is 30.0. The van der Waals surface area contributed by atoms with E-state index < -0.39 is 0 Å². The molecular formula is C58H58N4O. The van der Waals surface area contributed by atoms with Crippen molar-refractivity contribution in [3.8, 4) is 28.7 Å². The lowest BCUT2D eigenvalue weighted by molar-refractivity contribution is -0.599. The van der Waals surface area contributed by atoms with Crippen molar-refractivity contribution in [2.75, 3.05) is 0 Å². The minimum atomic E-state index is -0.379. The zero-order valence-corrected chi connectivity index (χ0v) is 38.4. The standard InChI is InChI=1S/C58H58N4O/c1-55(2,3)40-25-27-45(28-26-40)60-31-32-61(39-60)46-33-44(57(7,8)41-19-13-11-14-20-41)34-47(36-46)63-48-37-50(58(9,10)42-21-15-12-16-22-42)54-49-23-17-18-24-51(49)62(52(54)38-48)53-35-43(29-30-59-53)56(4,5)6/h11-38H,1-10H3. The Morgan fingerprint density at radius 2 is 1.14 bits per heavy atom. The van der Waals surface area contributed by atoms with Gasteiger partial charge < -0.3 is 4.74 Å². The average Bonchev–Trinajstić information content (AvgIpc) is 3.90. The van der Waals surface area contributed by atoms with Crippen LogP contribution in [-0.4, -0.2) is 14.1 Å². The Kier molecular flexibility index (Phi) is 10.3. The maximum Gasteiger partial charge on any atom is 0.268 e. The van der Waals surface area contributed by atoms with Gasteiger partial charge in [-0.1, -0.05) is 160 Å². The molecule has 0 aliphatic rings. The minimum Gasteiger partial charge on any atom is -0.458 e. The quantitative estimate of drug-likeness (QED) is 0.107. The van der Waals surface area contributed by atoms with Gasteiger partial charge in [0.05, 0.1) is 22.4 Å². The first-order valence-electron chi connectivity index (χ1n) is 22.1. The van der Waals surface area contributed by atoms with Crippen molar-refractivity contribution in [2.45, 2.75) is 90.9 Å². The fourth-order valence-corrected chi connectivity index (χ4v) is 8.91. The maximum absolute atomic E-state index is 7.23. The molecule has 0 atom stereocenters. The summed E-state index contributed by atoms with van der Waals surface area (Å²) in [5.41, 5.74) is 10.8. The van der Waals surface area contributed by atoms with Crippen LogP contribution in [0.3, 0.4) is 0 Å². The van der Waals surface area contributed by atoms with Crippen LogP contribution in [0.1, 0.15) is 103 Å². The van der Waals surface area contributed by atoms with Crippen molar-refractivity contribution in [1.29, 1.82) is 0 Å². The third-order valence-corrected chi connectivity index (χ3v) is 13.0. The van der Waals surface area contributed by atoms with Gasteiger partial charge in [0.1, 0.15) is 17.3 Å². The molecule has 0 fully saturated rings. The molecule has 0 aliphatic carbocycles. The molecule has 0 spiro atoms. The van der Waals surface area contributed by atoms with Crippen LogP contribution in [0.4, 0.5) is 0 Å². The van der Waals surface area contributed by atoms with E-state index in [0.29, 0.717) is 0 Å². The highest BCUT2D eigenvalue weighted by Crippen LogP contribution is 2.45. The Balaban J connectivity index is 1.24. The molecule has 0 radical (unpaired) electrons. The fourth-order valence-electron chi connectivity index (χ4n) is 8.91. The minimum absolute atomic E-state index is 0.0469. The van der Waals surface area contributed by atoms with Gasteiger partial charge in [-0.15, -0.1) is 0 Å². The van der Waals surface area contributed by atoms with E-state index in [1.165, 1.54) is 38.6 Å². The lowest BCUT2D eigenvalue weighted by Gasteiger charge is -2.29. The van der Waals surface area contributed by atoms with E-state index in [0.717, 1.165) is 45.3 Å². The average molecular weight is 827 g/mol. The van der Waals surface area contributed by atoms with E-state index in [9.17, 15) is 0 Å². The normalized spacial score (nSPS) is 12.6. The van der Waals surface area contributed by atoms with Gasteiger partial charge in [0.15, 0.2) is 0 Å². The van der Waals surface area contributed by atoms with E-state index in [1.807, 2.05) is 6.20 Å². The number of hydrogen-bond acceptors (Lipinski definition) is 2. The smallest absolute Gasteiger partial charge is 0.268 e. The van der Waals surface area contributed by atoms with Gasteiger partial charge in [0.2, 0.25) is 0 Å². The summed E-state index contributed by atoms with van der Waals surface area (Å²) in [6.45, 7) is 22.7. The lowest BCUT2D eigenvalue weighted by atomic mass is 9.76. The molecule has 3 aromatic heterocycles. The molecule has 63 heavy (non-hydrogen) atoms. The van der Waals surface area contributed by atoms with E-state index >= 15 is 0 Å². The third kappa shape index (κ3) is 7.86. The lowest BCUT2D eigenvalue weighted by Crippen LogP contribution is -2.28. The number of nitrogens with zero attached hydrogens (tertiary/aromatic N) is 4. The van der Waals surface area contributed by atoms with Crippen LogP contribution in [0.5, 0.6) is 11.5 Å². The molecule has 6 aromatic carbocycles. The van der Waals surface area contributed by atoms with Crippen LogP contribution >= 0.6 is 0 Å². The SMILES string of the molecule is CC(C)(C)c1ccc(-[n+]2[c-]n(-c3cc(Oc4cc(C(C)(C)c5ccccc5)c5c6ccccc6n(-c6cc(C(C)(C)C)ccn6)c5c4)cc(C(C)(C)c4ccccc4)c3)cc2)cc1. The first-order valence-corrected chi connectivity index (χ1v) is 22.1. The van der Waals surface area contributed by atoms with Crippen molar-refractivity contribution < 1.29 is 9.30 Å². The molecule has 3 heterocycles. The summed E-state index contributed by atoms with van der Waals surface area (Å²) >= 11 is 0. The molecule has 316 valence electrons. The molecule has 0 N–H and O–H groups in total. The number of hydrogen-bond donors (Lipinski definition) is 0. The predicted molar refractivity (Wildman–Crippen MR) is 259 cm³/mol. The zero-order chi connectivity index (χ0) is 44.3. The van der Waals surface area contributed by atoms with Gasteiger partial charge in [0.25, 0.3) is 6.33 Å². The summed E-state index contributed by atoms with van der Waals surface area (Å²) in [5, 5.41) is 2.37. The summed E-state index contributed by atoms with van der Waals surface area (Å²) in [6.07, 6.45) is 9.68. The molecule has 9 aromatic rings. The predicted octanol–water partition coefficient (Wildman–Crippen LogP) is 14.1. The number of para-hydroxylation sites is 1. The van der Waals surface area contributed by atoms with E-state index in [-0.39, 0.29) is 21.7 Å². The largest absolute Gasteiger partial charge is 0.458 e. The highest BCUT2D eigenvalue weighted by Gasteiger charge is 2.30. The summed E-state index contributed by atoms with van der Waals surface area (Å²) in [4.78, 5) is 5.02. The van der Waals surface area contributed by atoms with Crippen molar-refractivity contribution in [1.82, 2.24) is 14.1 Å². The maximum atomic E-state index is 7.23. The van der Waals surface area contributed by atoms with Crippen molar-refractivity contribution in [3.63, 3.8) is 0 Å². The van der Waals surface area contributed by atoms with Gasteiger partial charge in [0, 0.05) is 46.3 Å². The van der Waals surface area contributed by atoms with Crippen LogP contribution in [0.15, 0.2) is 170 Å². The molecule has 0 saturated carbocycles. The second kappa shape index (κ2) is 15.6. The Morgan fingerprint density at radius 3 is 1.81 bits per heavy atom. The van der Waals surface area contributed by atoms with Gasteiger partial charge in [-0.3, -0.25) is 13.7 Å². The van der Waals surface area contributed by atoms with Crippen molar-refractivity contribution in [3.05, 3.63) is 210 Å². The Labute approximate surface area is 373 Å². The van der Waals surface area contributed by atoms with Gasteiger partial charge in [-0.25, -0.2) is 4.98 Å². The first kappa shape index (κ1) is 41.6. The topological polar surface area (TPSA) is 35.9 Å². The van der Waals surface area contributed by atoms with E-state index in [2.05, 4.69) is 253 Å². The monoisotopic (exact) mass is 826 g/mol. The Morgan fingerprint density at radius 1 is 0.524 bits per heavy atom. The summed E-state index contributed by atoms with van der Waals surface area (Å²) in [6, 6.07) is 54.4. The van der Waals surface area contributed by atoms with Crippen LogP contribution in [-0.2, 0) is 21.7 Å². The second-order valence-corrected chi connectivity index (χ2v) is 20.1. The molecule has 5 heteroatoms. The molecule has 9 rings (SSSR count). The number of benzene rings is 6. The van der Waals surface area contributed by atoms with Crippen LogP contribution in [0.2, 0.25) is 0 Å². The summed E-state index contributed by atoms with van der Waals surface area (Å²) < 4.78 is 13.7. The zero-order valence-electron chi connectivity index (χ0n) is 38.4. The molecular weight excluding hydrogens is 769 g/mol. The Bertz CT molecular complexity index is 3080. The number of ether oxygens (including phenoxy) is 1. The number of aromatic nitrogens is 4. The van der Waals surface area contributed by atoms with Gasteiger partial charge in [-0.05, 0) is 98.8 Å². The fraction of sp³-hybridized carbons (Fsp3) is 0.241. The highest BCUT2D eigenvalue weighted by molar-refractivity contribution is 6.11. The van der Waals surface area contributed by atoms with Crippen LogP contribution < -0.4 is 9.30 Å². The van der Waals surface area contributed by atoms with E-state index in [4.69, 9.17) is 9.72 Å². The van der Waals surface area contributed by atoms with Crippen molar-refractivity contribution in [2.24, 2.45) is 0 Å². The molecule has 5 nitrogen and oxygen atoms in total. The second-order valence-electron chi connectivity index (χ2n) is 20.1.